The Morgan fingerprint density at radius 1 is 0.864 bits per heavy atom. The fourth-order valence-electron chi connectivity index (χ4n) is 2.87. The van der Waals surface area contributed by atoms with E-state index in [1.54, 1.807) is 6.07 Å². The maximum atomic E-state index is 12.2. The molecule has 0 saturated carbocycles. The Morgan fingerprint density at radius 3 is 2.45 bits per heavy atom. The van der Waals surface area contributed by atoms with Gasteiger partial charge in [0.2, 0.25) is 0 Å². The summed E-state index contributed by atoms with van der Waals surface area (Å²) in [6.07, 6.45) is 1.88. The predicted octanol–water partition coefficient (Wildman–Crippen LogP) is 4.04. The van der Waals surface area contributed by atoms with Crippen LogP contribution in [-0.2, 0) is 4.79 Å². The molecule has 0 aliphatic carbocycles. The van der Waals surface area contributed by atoms with Gasteiger partial charge >= 0.3 is 0 Å². The van der Waals surface area contributed by atoms with Gasteiger partial charge in [-0.3, -0.25) is 4.79 Å². The Morgan fingerprint density at radius 2 is 1.59 bits per heavy atom. The number of rotatable bonds is 1. The molecule has 0 radical (unpaired) electrons. The van der Waals surface area contributed by atoms with E-state index in [2.05, 4.69) is 5.32 Å². The van der Waals surface area contributed by atoms with Crippen LogP contribution >= 0.6 is 0 Å². The van der Waals surface area contributed by atoms with Crippen molar-refractivity contribution >= 4 is 34.0 Å². The first-order chi connectivity index (χ1) is 10.7. The molecule has 2 N–H and O–H groups in total. The molecule has 3 aromatic carbocycles. The molecule has 0 aromatic heterocycles. The number of nitrogens with one attached hydrogen (secondary N) is 1. The third-order valence-corrected chi connectivity index (χ3v) is 3.94. The van der Waals surface area contributed by atoms with E-state index in [1.165, 1.54) is 0 Å². The molecular weight excluding hydrogens is 274 g/mol. The van der Waals surface area contributed by atoms with E-state index in [1.807, 2.05) is 60.7 Å². The van der Waals surface area contributed by atoms with Gasteiger partial charge in [-0.1, -0.05) is 48.5 Å². The number of para-hydroxylation sites is 1. The van der Waals surface area contributed by atoms with E-state index < -0.39 is 0 Å². The highest BCUT2D eigenvalue weighted by Gasteiger charge is 2.23. The van der Waals surface area contributed by atoms with Crippen molar-refractivity contribution in [2.45, 2.75) is 0 Å². The number of carbonyl (C=O) groups excluding carboxylic acids is 1. The van der Waals surface area contributed by atoms with Crippen molar-refractivity contribution in [1.82, 2.24) is 0 Å². The van der Waals surface area contributed by atoms with E-state index in [0.29, 0.717) is 5.57 Å². The van der Waals surface area contributed by atoms with Crippen molar-refractivity contribution in [2.75, 3.05) is 5.32 Å². The first kappa shape index (κ1) is 12.7. The monoisotopic (exact) mass is 287 g/mol. The summed E-state index contributed by atoms with van der Waals surface area (Å²) in [6, 6.07) is 18.8. The lowest BCUT2D eigenvalue weighted by Crippen LogP contribution is -2.03. The second kappa shape index (κ2) is 4.74. The summed E-state index contributed by atoms with van der Waals surface area (Å²) in [6.45, 7) is 0. The van der Waals surface area contributed by atoms with Crippen molar-refractivity contribution in [1.29, 1.82) is 0 Å². The molecule has 0 fully saturated rings. The standard InChI is InChI=1S/C19H13NO2/c21-18-10-9-12(13-5-1-2-7-15(13)18)11-16-14-6-3-4-8-17(14)20-19(16)22/h1-11,21H,(H,20,22)/b16-11+. The van der Waals surface area contributed by atoms with E-state index in [9.17, 15) is 9.90 Å². The van der Waals surface area contributed by atoms with Gasteiger partial charge < -0.3 is 10.4 Å². The summed E-state index contributed by atoms with van der Waals surface area (Å²) in [4.78, 5) is 12.2. The van der Waals surface area contributed by atoms with Crippen molar-refractivity contribution in [3.05, 3.63) is 71.8 Å². The van der Waals surface area contributed by atoms with Crippen LogP contribution in [0.2, 0.25) is 0 Å². The van der Waals surface area contributed by atoms with Gasteiger partial charge in [0.25, 0.3) is 5.91 Å². The normalized spacial score (nSPS) is 15.1. The van der Waals surface area contributed by atoms with Crippen LogP contribution in [-0.4, -0.2) is 11.0 Å². The van der Waals surface area contributed by atoms with E-state index >= 15 is 0 Å². The highest BCUT2D eigenvalue weighted by molar-refractivity contribution is 6.35. The van der Waals surface area contributed by atoms with Gasteiger partial charge in [0.15, 0.2) is 0 Å². The molecule has 1 aliphatic heterocycles. The van der Waals surface area contributed by atoms with Crippen LogP contribution in [0.5, 0.6) is 5.75 Å². The van der Waals surface area contributed by atoms with Crippen LogP contribution in [0.15, 0.2) is 60.7 Å². The smallest absolute Gasteiger partial charge is 0.256 e. The van der Waals surface area contributed by atoms with E-state index in [-0.39, 0.29) is 11.7 Å². The molecule has 1 amide bonds. The second-order valence-electron chi connectivity index (χ2n) is 5.28. The Balaban J connectivity index is 1.94. The van der Waals surface area contributed by atoms with Crippen molar-refractivity contribution in [2.24, 2.45) is 0 Å². The third kappa shape index (κ3) is 1.87. The number of fused-ring (bicyclic) bond motifs is 2. The first-order valence-electron chi connectivity index (χ1n) is 7.07. The molecule has 106 valence electrons. The number of carbonyl (C=O) groups is 1. The molecule has 3 heteroatoms. The molecule has 22 heavy (non-hydrogen) atoms. The molecule has 3 nitrogen and oxygen atoms in total. The minimum Gasteiger partial charge on any atom is -0.507 e. The average molecular weight is 287 g/mol. The second-order valence-corrected chi connectivity index (χ2v) is 5.28. The number of benzene rings is 3. The lowest BCUT2D eigenvalue weighted by atomic mass is 9.99. The number of phenolic OH excluding ortho intramolecular Hbond substituents is 1. The minimum absolute atomic E-state index is 0.0987. The van der Waals surface area contributed by atoms with Gasteiger partial charge in [0.1, 0.15) is 5.75 Å². The molecule has 0 atom stereocenters. The van der Waals surface area contributed by atoms with Crippen LogP contribution < -0.4 is 5.32 Å². The highest BCUT2D eigenvalue weighted by atomic mass is 16.3. The van der Waals surface area contributed by atoms with Gasteiger partial charge in [-0.15, -0.1) is 0 Å². The number of anilines is 1. The topological polar surface area (TPSA) is 49.3 Å². The average Bonchev–Trinajstić information content (AvgIpc) is 2.86. The third-order valence-electron chi connectivity index (χ3n) is 3.94. The number of phenols is 1. The maximum absolute atomic E-state index is 12.2. The Bertz CT molecular complexity index is 941. The largest absolute Gasteiger partial charge is 0.507 e. The quantitative estimate of drug-likeness (QED) is 0.664. The fraction of sp³-hybridized carbons (Fsp3) is 0. The Hall–Kier alpha value is -3.07. The van der Waals surface area contributed by atoms with Gasteiger partial charge in [0, 0.05) is 22.2 Å². The van der Waals surface area contributed by atoms with Crippen molar-refractivity contribution in [3.63, 3.8) is 0 Å². The SMILES string of the molecule is O=C1Nc2ccccc2/C1=C\c1ccc(O)c2ccccc12. The van der Waals surface area contributed by atoms with Crippen molar-refractivity contribution < 1.29 is 9.90 Å². The molecule has 4 rings (SSSR count). The summed E-state index contributed by atoms with van der Waals surface area (Å²) in [5, 5.41) is 14.5. The summed E-state index contributed by atoms with van der Waals surface area (Å²) < 4.78 is 0. The van der Waals surface area contributed by atoms with Crippen LogP contribution in [0, 0.1) is 0 Å². The van der Waals surface area contributed by atoms with Crippen molar-refractivity contribution in [3.8, 4) is 5.75 Å². The summed E-state index contributed by atoms with van der Waals surface area (Å²) >= 11 is 0. The van der Waals surface area contributed by atoms with E-state index in [0.717, 1.165) is 27.6 Å². The minimum atomic E-state index is -0.0987. The van der Waals surface area contributed by atoms with Gasteiger partial charge in [-0.05, 0) is 29.2 Å². The molecule has 3 aromatic rings. The summed E-state index contributed by atoms with van der Waals surface area (Å²) in [7, 11) is 0. The summed E-state index contributed by atoms with van der Waals surface area (Å²) in [5.41, 5.74) is 3.30. The van der Waals surface area contributed by atoms with Gasteiger partial charge in [-0.2, -0.15) is 0 Å². The number of hydrogen-bond donors (Lipinski definition) is 2. The maximum Gasteiger partial charge on any atom is 0.256 e. The van der Waals surface area contributed by atoms with Gasteiger partial charge in [0.05, 0.1) is 0 Å². The van der Waals surface area contributed by atoms with Crippen LogP contribution in [0.25, 0.3) is 22.4 Å². The number of hydrogen-bond acceptors (Lipinski definition) is 2. The first-order valence-corrected chi connectivity index (χ1v) is 7.07. The molecular formula is C19H13NO2. The zero-order valence-corrected chi connectivity index (χ0v) is 11.7. The molecule has 1 heterocycles. The number of amides is 1. The molecule has 0 spiro atoms. The Labute approximate surface area is 127 Å². The van der Waals surface area contributed by atoms with Crippen LogP contribution in [0.3, 0.4) is 0 Å². The predicted molar refractivity (Wildman–Crippen MR) is 88.6 cm³/mol. The zero-order chi connectivity index (χ0) is 15.1. The lowest BCUT2D eigenvalue weighted by molar-refractivity contribution is -0.110. The van der Waals surface area contributed by atoms with E-state index in [4.69, 9.17) is 0 Å². The Kier molecular flexibility index (Phi) is 2.73. The van der Waals surface area contributed by atoms with Gasteiger partial charge in [-0.25, -0.2) is 0 Å². The van der Waals surface area contributed by atoms with Crippen LogP contribution in [0.1, 0.15) is 11.1 Å². The fourth-order valence-corrected chi connectivity index (χ4v) is 2.87. The molecule has 1 aliphatic rings. The zero-order valence-electron chi connectivity index (χ0n) is 11.7. The molecule has 0 saturated heterocycles. The van der Waals surface area contributed by atoms with Crippen LogP contribution in [0.4, 0.5) is 5.69 Å². The molecule has 0 unspecified atom stereocenters. The lowest BCUT2D eigenvalue weighted by Gasteiger charge is -2.05. The highest BCUT2D eigenvalue weighted by Crippen LogP contribution is 2.35. The number of aromatic hydroxyl groups is 1. The molecule has 0 bridgehead atoms. The summed E-state index contributed by atoms with van der Waals surface area (Å²) in [5.74, 6) is 0.146.